The number of hydrogen-bond donors (Lipinski definition) is 0. The Balaban J connectivity index is 1.73. The minimum Gasteiger partial charge on any atom is -0.381 e. The second kappa shape index (κ2) is 5.31. The lowest BCUT2D eigenvalue weighted by molar-refractivity contribution is -0.179. The van der Waals surface area contributed by atoms with Gasteiger partial charge in [0.25, 0.3) is 0 Å². The molecule has 4 rings (SSSR count). The van der Waals surface area contributed by atoms with Gasteiger partial charge >= 0.3 is 0 Å². The first-order chi connectivity index (χ1) is 10.9. The monoisotopic (exact) mass is 318 g/mol. The molecule has 23 heavy (non-hydrogen) atoms. The summed E-state index contributed by atoms with van der Waals surface area (Å²) in [7, 11) is 1.89. The molecule has 130 valence electrons. The second-order valence-electron chi connectivity index (χ2n) is 9.82. The van der Waals surface area contributed by atoms with E-state index in [4.69, 9.17) is 4.74 Å². The quantitative estimate of drug-likeness (QED) is 0.690. The van der Waals surface area contributed by atoms with Crippen LogP contribution in [0.4, 0.5) is 0 Å². The van der Waals surface area contributed by atoms with E-state index >= 15 is 0 Å². The van der Waals surface area contributed by atoms with E-state index in [9.17, 15) is 4.79 Å². The van der Waals surface area contributed by atoms with E-state index in [0.717, 1.165) is 37.0 Å². The molecule has 1 unspecified atom stereocenters. The highest BCUT2D eigenvalue weighted by Gasteiger charge is 2.63. The van der Waals surface area contributed by atoms with Crippen LogP contribution in [0.1, 0.15) is 72.1 Å². The van der Waals surface area contributed by atoms with Gasteiger partial charge in [0.15, 0.2) is 0 Å². The van der Waals surface area contributed by atoms with Gasteiger partial charge < -0.3 is 4.74 Å². The number of carbonyl (C=O) groups excluding carboxylic acids is 1. The summed E-state index contributed by atoms with van der Waals surface area (Å²) >= 11 is 0. The number of ether oxygens (including phenoxy) is 1. The van der Waals surface area contributed by atoms with E-state index in [0.29, 0.717) is 29.1 Å². The van der Waals surface area contributed by atoms with Gasteiger partial charge in [-0.1, -0.05) is 27.2 Å². The van der Waals surface area contributed by atoms with Gasteiger partial charge in [-0.25, -0.2) is 0 Å². The standard InChI is InChI=1S/C21H34O2/c1-13-5-6-14-7-8-15-16-9-10-18(22)21(16,3)12-17(23-4)19(15)20(14,2)11-13/h13-17,19H,5-12H2,1-4H3/t13-,14+,15?,16-,17-,19+,20-,21-/m0/s1. The van der Waals surface area contributed by atoms with E-state index in [1.165, 1.54) is 32.1 Å². The average molecular weight is 319 g/mol. The van der Waals surface area contributed by atoms with Gasteiger partial charge in [0.2, 0.25) is 0 Å². The fourth-order valence-corrected chi connectivity index (χ4v) is 7.76. The summed E-state index contributed by atoms with van der Waals surface area (Å²) in [5.41, 5.74) is 0.347. The molecule has 4 aliphatic carbocycles. The molecule has 0 aromatic heterocycles. The molecule has 0 amide bonds. The Bertz CT molecular complexity index is 500. The van der Waals surface area contributed by atoms with E-state index in [1.807, 2.05) is 7.11 Å². The van der Waals surface area contributed by atoms with Crippen LogP contribution in [0.5, 0.6) is 0 Å². The summed E-state index contributed by atoms with van der Waals surface area (Å²) in [4.78, 5) is 12.6. The molecule has 2 nitrogen and oxygen atoms in total. The molecule has 0 N–H and O–H groups in total. The molecule has 4 aliphatic rings. The molecule has 8 atom stereocenters. The van der Waals surface area contributed by atoms with Gasteiger partial charge in [0, 0.05) is 18.9 Å². The molecule has 0 aromatic rings. The average Bonchev–Trinajstić information content (AvgIpc) is 2.81. The normalized spacial score (nSPS) is 55.9. The molecule has 2 heteroatoms. The van der Waals surface area contributed by atoms with Gasteiger partial charge in [0.1, 0.15) is 5.78 Å². The maximum Gasteiger partial charge on any atom is 0.139 e. The van der Waals surface area contributed by atoms with Gasteiger partial charge in [0.05, 0.1) is 6.10 Å². The van der Waals surface area contributed by atoms with Crippen molar-refractivity contribution in [3.8, 4) is 0 Å². The third-order valence-corrected chi connectivity index (χ3v) is 8.78. The third-order valence-electron chi connectivity index (χ3n) is 8.78. The Morgan fingerprint density at radius 1 is 1.04 bits per heavy atom. The van der Waals surface area contributed by atoms with Crippen molar-refractivity contribution in [3.05, 3.63) is 0 Å². The fraction of sp³-hybridized carbons (Fsp3) is 0.952. The van der Waals surface area contributed by atoms with Crippen LogP contribution in [-0.2, 0) is 9.53 Å². The number of methoxy groups -OCH3 is 1. The van der Waals surface area contributed by atoms with Crippen LogP contribution in [0.25, 0.3) is 0 Å². The summed E-state index contributed by atoms with van der Waals surface area (Å²) in [5.74, 6) is 4.29. The number of rotatable bonds is 1. The number of ketones is 1. The summed E-state index contributed by atoms with van der Waals surface area (Å²) in [6, 6.07) is 0. The Morgan fingerprint density at radius 3 is 2.52 bits per heavy atom. The number of Topliss-reactive ketones (excluding diaryl/α,β-unsaturated/α-hetero) is 1. The summed E-state index contributed by atoms with van der Waals surface area (Å²) < 4.78 is 6.08. The lowest BCUT2D eigenvalue weighted by Crippen LogP contribution is -2.59. The largest absolute Gasteiger partial charge is 0.381 e. The van der Waals surface area contributed by atoms with E-state index in [1.54, 1.807) is 0 Å². The van der Waals surface area contributed by atoms with Crippen molar-refractivity contribution in [1.82, 2.24) is 0 Å². The van der Waals surface area contributed by atoms with Crippen molar-refractivity contribution in [1.29, 1.82) is 0 Å². The van der Waals surface area contributed by atoms with Crippen LogP contribution in [-0.4, -0.2) is 19.0 Å². The topological polar surface area (TPSA) is 26.3 Å². The fourth-order valence-electron chi connectivity index (χ4n) is 7.76. The first kappa shape index (κ1) is 16.1. The van der Waals surface area contributed by atoms with Crippen molar-refractivity contribution in [2.45, 2.75) is 78.2 Å². The summed E-state index contributed by atoms with van der Waals surface area (Å²) in [5, 5.41) is 0. The highest BCUT2D eigenvalue weighted by molar-refractivity contribution is 5.87. The maximum atomic E-state index is 12.6. The molecule has 0 aliphatic heterocycles. The Labute approximate surface area is 141 Å². The zero-order chi connectivity index (χ0) is 16.4. The van der Waals surface area contributed by atoms with E-state index < -0.39 is 0 Å². The van der Waals surface area contributed by atoms with Crippen molar-refractivity contribution in [2.75, 3.05) is 7.11 Å². The van der Waals surface area contributed by atoms with Crippen LogP contribution in [0, 0.1) is 40.4 Å². The van der Waals surface area contributed by atoms with E-state index in [2.05, 4.69) is 20.8 Å². The van der Waals surface area contributed by atoms with Crippen molar-refractivity contribution < 1.29 is 9.53 Å². The van der Waals surface area contributed by atoms with E-state index in [-0.39, 0.29) is 5.41 Å². The molecule has 4 saturated carbocycles. The second-order valence-corrected chi connectivity index (χ2v) is 9.82. The van der Waals surface area contributed by atoms with Gasteiger partial charge in [-0.3, -0.25) is 4.79 Å². The van der Waals surface area contributed by atoms with Crippen LogP contribution in [0.3, 0.4) is 0 Å². The third kappa shape index (κ3) is 2.12. The molecule has 0 heterocycles. The molecule has 0 radical (unpaired) electrons. The highest BCUT2D eigenvalue weighted by atomic mass is 16.5. The van der Waals surface area contributed by atoms with Crippen LogP contribution >= 0.6 is 0 Å². The SMILES string of the molecule is CO[C@H]1C[C@]2(C)C(=O)CC[C@H]2C2CC[C@H]3CC[C@H](C)C[C@]3(C)[C@H]21. The predicted molar refractivity (Wildman–Crippen MR) is 92.1 cm³/mol. The maximum absolute atomic E-state index is 12.6. The van der Waals surface area contributed by atoms with Crippen molar-refractivity contribution >= 4 is 5.78 Å². The molecule has 4 fully saturated rings. The molecular weight excluding hydrogens is 284 g/mol. The number of carbonyl (C=O) groups is 1. The van der Waals surface area contributed by atoms with Crippen LogP contribution in [0.15, 0.2) is 0 Å². The number of hydrogen-bond acceptors (Lipinski definition) is 2. The first-order valence-corrected chi connectivity index (χ1v) is 9.96. The Kier molecular flexibility index (Phi) is 3.72. The highest BCUT2D eigenvalue weighted by Crippen LogP contribution is 2.66. The molecule has 0 spiro atoms. The zero-order valence-electron chi connectivity index (χ0n) is 15.4. The molecule has 0 bridgehead atoms. The lowest BCUT2D eigenvalue weighted by atomic mass is 9.44. The number of fused-ring (bicyclic) bond motifs is 5. The minimum atomic E-state index is -0.0919. The van der Waals surface area contributed by atoms with Gasteiger partial charge in [-0.05, 0) is 73.5 Å². The van der Waals surface area contributed by atoms with Crippen LogP contribution < -0.4 is 0 Å². The smallest absolute Gasteiger partial charge is 0.139 e. The minimum absolute atomic E-state index is 0.0919. The molecular formula is C21H34O2. The van der Waals surface area contributed by atoms with Crippen molar-refractivity contribution in [3.63, 3.8) is 0 Å². The van der Waals surface area contributed by atoms with Gasteiger partial charge in [-0.2, -0.15) is 0 Å². The first-order valence-electron chi connectivity index (χ1n) is 9.96. The van der Waals surface area contributed by atoms with Crippen LogP contribution in [0.2, 0.25) is 0 Å². The lowest BCUT2D eigenvalue weighted by Gasteiger charge is -2.62. The summed E-state index contributed by atoms with van der Waals surface area (Å²) in [6.07, 6.45) is 10.2. The Hall–Kier alpha value is -0.370. The molecule has 0 saturated heterocycles. The molecule has 0 aromatic carbocycles. The summed E-state index contributed by atoms with van der Waals surface area (Å²) in [6.45, 7) is 7.28. The van der Waals surface area contributed by atoms with Crippen molar-refractivity contribution in [2.24, 2.45) is 40.4 Å². The zero-order valence-corrected chi connectivity index (χ0v) is 15.4. The van der Waals surface area contributed by atoms with Gasteiger partial charge in [-0.15, -0.1) is 0 Å². The predicted octanol–water partition coefficient (Wildman–Crippen LogP) is 4.86. The Morgan fingerprint density at radius 2 is 1.78 bits per heavy atom.